The molecule has 0 rings (SSSR count). The molecule has 8 nitrogen and oxygen atoms in total. The molecule has 98 valence electrons. The van der Waals surface area contributed by atoms with E-state index >= 15 is 0 Å². The fourth-order valence-electron chi connectivity index (χ4n) is 0.954. The van der Waals surface area contributed by atoms with Crippen molar-refractivity contribution in [3.8, 4) is 0 Å². The lowest BCUT2D eigenvalue weighted by Gasteiger charge is -2.29. The zero-order chi connectivity index (χ0) is 12.8. The maximum absolute atomic E-state index is 10.4. The van der Waals surface area contributed by atoms with E-state index in [9.17, 15) is 13.5 Å². The van der Waals surface area contributed by atoms with Gasteiger partial charge in [-0.25, -0.2) is 0 Å². The number of nitrogens with one attached hydrogen (secondary N) is 1. The van der Waals surface area contributed by atoms with Crippen LogP contribution in [0.4, 0.5) is 0 Å². The third-order valence-corrected chi connectivity index (χ3v) is 2.83. The predicted molar refractivity (Wildman–Crippen MR) is 54.4 cm³/mol. The molecule has 0 spiro atoms. The highest BCUT2D eigenvalue weighted by Gasteiger charge is 2.28. The first-order chi connectivity index (χ1) is 7.28. The largest absolute Gasteiger partial charge is 0.394 e. The molecule has 6 N–H and O–H groups in total. The number of rotatable bonds is 8. The van der Waals surface area contributed by atoms with Crippen LogP contribution < -0.4 is 5.32 Å². The van der Waals surface area contributed by atoms with Gasteiger partial charge >= 0.3 is 0 Å². The van der Waals surface area contributed by atoms with Crippen molar-refractivity contribution >= 4 is 10.1 Å². The molecule has 0 aromatic carbocycles. The van der Waals surface area contributed by atoms with E-state index in [4.69, 9.17) is 19.9 Å². The monoisotopic (exact) mass is 259 g/mol. The molecular weight excluding hydrogens is 242 g/mol. The quantitative estimate of drug-likeness (QED) is 0.246. The molecule has 0 aromatic heterocycles. The minimum absolute atomic E-state index is 0.304. The lowest BCUT2D eigenvalue weighted by molar-refractivity contribution is 0.0342. The van der Waals surface area contributed by atoms with E-state index in [1.165, 1.54) is 0 Å². The molecule has 0 aliphatic heterocycles. The van der Waals surface area contributed by atoms with Gasteiger partial charge in [-0.3, -0.25) is 4.55 Å². The molecular formula is C7H17NO7S. The SMILES string of the molecule is O=S(=O)(O)C[C@@H](O)CNC(CO)(CO)CO. The van der Waals surface area contributed by atoms with Gasteiger partial charge in [-0.05, 0) is 0 Å². The molecule has 0 fully saturated rings. The van der Waals surface area contributed by atoms with Crippen molar-refractivity contribution in [1.82, 2.24) is 5.32 Å². The van der Waals surface area contributed by atoms with Gasteiger partial charge in [0.15, 0.2) is 0 Å². The van der Waals surface area contributed by atoms with Gasteiger partial charge in [0.2, 0.25) is 0 Å². The first-order valence-corrected chi connectivity index (χ1v) is 6.10. The van der Waals surface area contributed by atoms with Gasteiger partial charge in [0.05, 0.1) is 31.5 Å². The Morgan fingerprint density at radius 3 is 1.88 bits per heavy atom. The average Bonchev–Trinajstić information content (AvgIpc) is 2.18. The molecule has 0 bridgehead atoms. The third-order valence-electron chi connectivity index (χ3n) is 2.02. The van der Waals surface area contributed by atoms with E-state index in [0.717, 1.165) is 0 Å². The summed E-state index contributed by atoms with van der Waals surface area (Å²) in [5.41, 5.74) is -1.39. The molecule has 16 heavy (non-hydrogen) atoms. The van der Waals surface area contributed by atoms with Gasteiger partial charge in [0.25, 0.3) is 10.1 Å². The fraction of sp³-hybridized carbons (Fsp3) is 1.00. The van der Waals surface area contributed by atoms with Crippen LogP contribution in [0.5, 0.6) is 0 Å². The van der Waals surface area contributed by atoms with E-state index in [1.54, 1.807) is 0 Å². The van der Waals surface area contributed by atoms with Crippen LogP contribution in [0.1, 0.15) is 0 Å². The van der Waals surface area contributed by atoms with E-state index in [1.807, 2.05) is 0 Å². The van der Waals surface area contributed by atoms with Crippen LogP contribution in [0.25, 0.3) is 0 Å². The lowest BCUT2D eigenvalue weighted by Crippen LogP contribution is -2.57. The van der Waals surface area contributed by atoms with Crippen LogP contribution in [0, 0.1) is 0 Å². The highest BCUT2D eigenvalue weighted by molar-refractivity contribution is 7.85. The van der Waals surface area contributed by atoms with Crippen LogP contribution in [-0.4, -0.2) is 77.2 Å². The minimum atomic E-state index is -4.29. The molecule has 0 aliphatic rings. The van der Waals surface area contributed by atoms with Gasteiger partial charge < -0.3 is 25.7 Å². The summed E-state index contributed by atoms with van der Waals surface area (Å²) in [6.45, 7) is -2.06. The van der Waals surface area contributed by atoms with Crippen LogP contribution in [-0.2, 0) is 10.1 Å². The van der Waals surface area contributed by atoms with Crippen LogP contribution in [0.2, 0.25) is 0 Å². The Morgan fingerprint density at radius 1 is 1.12 bits per heavy atom. The van der Waals surface area contributed by atoms with Gasteiger partial charge in [0, 0.05) is 6.54 Å². The Bertz CT molecular complexity index is 279. The van der Waals surface area contributed by atoms with Crippen LogP contribution >= 0.6 is 0 Å². The van der Waals surface area contributed by atoms with E-state index in [2.05, 4.69) is 5.32 Å². The van der Waals surface area contributed by atoms with E-state index < -0.39 is 47.3 Å². The Morgan fingerprint density at radius 2 is 1.56 bits per heavy atom. The van der Waals surface area contributed by atoms with Gasteiger partial charge in [-0.2, -0.15) is 8.42 Å². The molecule has 0 saturated carbocycles. The zero-order valence-electron chi connectivity index (χ0n) is 8.57. The molecule has 9 heteroatoms. The molecule has 0 heterocycles. The first kappa shape index (κ1) is 15.7. The second kappa shape index (κ2) is 6.45. The molecule has 1 atom stereocenters. The Hall–Kier alpha value is -0.290. The first-order valence-electron chi connectivity index (χ1n) is 4.49. The summed E-state index contributed by atoms with van der Waals surface area (Å²) in [6, 6.07) is 0. The minimum Gasteiger partial charge on any atom is -0.394 e. The maximum atomic E-state index is 10.4. The second-order valence-corrected chi connectivity index (χ2v) is 5.04. The molecule has 0 aliphatic carbocycles. The summed E-state index contributed by atoms with van der Waals surface area (Å²) in [7, 11) is -4.29. The molecule has 0 amide bonds. The van der Waals surface area contributed by atoms with Gasteiger partial charge in [-0.1, -0.05) is 0 Å². The highest BCUT2D eigenvalue weighted by atomic mass is 32.2. The topological polar surface area (TPSA) is 147 Å². The number of aliphatic hydroxyl groups is 4. The summed E-state index contributed by atoms with van der Waals surface area (Å²) in [6.07, 6.45) is -1.40. The smallest absolute Gasteiger partial charge is 0.267 e. The Balaban J connectivity index is 4.21. The molecule has 0 saturated heterocycles. The summed E-state index contributed by atoms with van der Waals surface area (Å²) in [4.78, 5) is 0. The zero-order valence-corrected chi connectivity index (χ0v) is 9.39. The van der Waals surface area contributed by atoms with Crippen molar-refractivity contribution < 1.29 is 33.4 Å². The van der Waals surface area contributed by atoms with Gasteiger partial charge in [0.1, 0.15) is 5.75 Å². The third kappa shape index (κ3) is 5.70. The van der Waals surface area contributed by atoms with E-state index in [-0.39, 0.29) is 6.54 Å². The second-order valence-electron chi connectivity index (χ2n) is 3.54. The molecule has 0 radical (unpaired) electrons. The Kier molecular flexibility index (Phi) is 6.33. The molecule has 0 aromatic rings. The summed E-state index contributed by atoms with van der Waals surface area (Å²) >= 11 is 0. The number of hydrogen-bond donors (Lipinski definition) is 6. The normalized spacial score (nSPS) is 15.1. The van der Waals surface area contributed by atoms with Crippen molar-refractivity contribution in [2.24, 2.45) is 0 Å². The predicted octanol–water partition coefficient (Wildman–Crippen LogP) is -3.46. The summed E-state index contributed by atoms with van der Waals surface area (Å²) < 4.78 is 29.2. The van der Waals surface area contributed by atoms with Crippen LogP contribution in [0.3, 0.4) is 0 Å². The fourth-order valence-corrected chi connectivity index (χ4v) is 1.56. The van der Waals surface area contributed by atoms with Gasteiger partial charge in [-0.15, -0.1) is 0 Å². The average molecular weight is 259 g/mol. The maximum Gasteiger partial charge on any atom is 0.267 e. The van der Waals surface area contributed by atoms with Crippen molar-refractivity contribution in [3.63, 3.8) is 0 Å². The molecule has 0 unspecified atom stereocenters. The summed E-state index contributed by atoms with van der Waals surface area (Å²) in [5.74, 6) is -0.863. The van der Waals surface area contributed by atoms with Crippen molar-refractivity contribution in [1.29, 1.82) is 0 Å². The standard InChI is InChI=1S/C7H17NO7S/c9-3-7(4-10,5-11)8-1-6(12)2-16(13,14)15/h6,8-12H,1-5H2,(H,13,14,15)/t6-/m0/s1. The van der Waals surface area contributed by atoms with Crippen molar-refractivity contribution in [2.75, 3.05) is 32.1 Å². The highest BCUT2D eigenvalue weighted by Crippen LogP contribution is 2.02. The number of hydrogen-bond acceptors (Lipinski definition) is 7. The Labute approximate surface area is 93.3 Å². The number of aliphatic hydroxyl groups excluding tert-OH is 4. The lowest BCUT2D eigenvalue weighted by atomic mass is 10.0. The van der Waals surface area contributed by atoms with Crippen molar-refractivity contribution in [2.45, 2.75) is 11.6 Å². The van der Waals surface area contributed by atoms with E-state index in [0.29, 0.717) is 0 Å². The number of β-amino-alcohol motifs (C(OH)–C–C–N with tert-alkyl or cyclic N) is 1. The van der Waals surface area contributed by atoms with Crippen LogP contribution in [0.15, 0.2) is 0 Å². The van der Waals surface area contributed by atoms with Crippen molar-refractivity contribution in [3.05, 3.63) is 0 Å². The summed E-state index contributed by atoms with van der Waals surface area (Å²) in [5, 5.41) is 38.3.